The van der Waals surface area contributed by atoms with Gasteiger partial charge in [-0.1, -0.05) is 37.8 Å². The van der Waals surface area contributed by atoms with Gasteiger partial charge in [0.25, 0.3) is 5.91 Å². The van der Waals surface area contributed by atoms with Crippen LogP contribution in [0.5, 0.6) is 0 Å². The summed E-state index contributed by atoms with van der Waals surface area (Å²) in [4.78, 5) is 12.3. The third-order valence-electron chi connectivity index (χ3n) is 3.45. The van der Waals surface area contributed by atoms with Crippen molar-refractivity contribution >= 4 is 5.91 Å². The summed E-state index contributed by atoms with van der Waals surface area (Å²) in [6.45, 7) is 5.94. The summed E-state index contributed by atoms with van der Waals surface area (Å²) in [5.74, 6) is 5.26. The molecule has 0 saturated heterocycles. The molecule has 19 heavy (non-hydrogen) atoms. The van der Waals surface area contributed by atoms with E-state index in [-0.39, 0.29) is 18.1 Å². The van der Waals surface area contributed by atoms with Crippen LogP contribution in [0.2, 0.25) is 0 Å². The van der Waals surface area contributed by atoms with Gasteiger partial charge in [0.15, 0.2) is 0 Å². The second kappa shape index (κ2) is 6.96. The number of aliphatic hydroxyl groups excluding tert-OH is 1. The van der Waals surface area contributed by atoms with Crippen LogP contribution in [-0.2, 0) is 0 Å². The van der Waals surface area contributed by atoms with E-state index in [0.717, 1.165) is 12.8 Å². The molecule has 3 nitrogen and oxygen atoms in total. The monoisotopic (exact) mass is 259 g/mol. The lowest BCUT2D eigenvalue weighted by atomic mass is 9.94. The van der Waals surface area contributed by atoms with Crippen molar-refractivity contribution < 1.29 is 9.90 Å². The molecular formula is C16H21NO2. The molecule has 0 bridgehead atoms. The van der Waals surface area contributed by atoms with Crippen LogP contribution in [0.4, 0.5) is 0 Å². The molecule has 0 spiro atoms. The molecule has 1 aromatic carbocycles. The summed E-state index contributed by atoms with van der Waals surface area (Å²) < 4.78 is 0. The highest BCUT2D eigenvalue weighted by atomic mass is 16.2. The first-order valence-electron chi connectivity index (χ1n) is 6.57. The van der Waals surface area contributed by atoms with Crippen molar-refractivity contribution in [2.24, 2.45) is 0 Å². The predicted molar refractivity (Wildman–Crippen MR) is 76.9 cm³/mol. The normalized spacial score (nSPS) is 10.5. The SMILES string of the molecule is CCC(C)(CC)NC(=O)c1ccccc1C#CCO. The minimum absolute atomic E-state index is 0.117. The Kier molecular flexibility index (Phi) is 5.59. The number of benzene rings is 1. The molecule has 0 atom stereocenters. The van der Waals surface area contributed by atoms with Gasteiger partial charge in [-0.3, -0.25) is 4.79 Å². The number of hydrogen-bond donors (Lipinski definition) is 2. The summed E-state index contributed by atoms with van der Waals surface area (Å²) in [6, 6.07) is 7.18. The average molecular weight is 259 g/mol. The number of rotatable bonds is 4. The first kappa shape index (κ1) is 15.3. The molecule has 0 unspecified atom stereocenters. The summed E-state index contributed by atoms with van der Waals surface area (Å²) in [6.07, 6.45) is 1.75. The van der Waals surface area contributed by atoms with Crippen molar-refractivity contribution in [2.75, 3.05) is 6.61 Å². The number of amides is 1. The molecule has 102 valence electrons. The molecule has 0 aliphatic carbocycles. The zero-order chi connectivity index (χ0) is 14.3. The van der Waals surface area contributed by atoms with Crippen molar-refractivity contribution in [1.29, 1.82) is 0 Å². The van der Waals surface area contributed by atoms with Gasteiger partial charge in [0.2, 0.25) is 0 Å². The van der Waals surface area contributed by atoms with Crippen LogP contribution in [0.1, 0.15) is 49.5 Å². The van der Waals surface area contributed by atoms with E-state index in [9.17, 15) is 4.79 Å². The van der Waals surface area contributed by atoms with Crippen LogP contribution < -0.4 is 5.32 Å². The first-order chi connectivity index (χ1) is 9.06. The van der Waals surface area contributed by atoms with Crippen molar-refractivity contribution in [3.8, 4) is 11.8 Å². The molecule has 0 aliphatic heterocycles. The predicted octanol–water partition coefficient (Wildman–Crippen LogP) is 2.34. The van der Waals surface area contributed by atoms with Crippen LogP contribution in [-0.4, -0.2) is 23.2 Å². The van der Waals surface area contributed by atoms with Crippen LogP contribution in [0.3, 0.4) is 0 Å². The standard InChI is InChI=1S/C16H21NO2/c1-4-16(3,5-2)17-15(19)14-11-7-6-9-13(14)10-8-12-18/h6-7,9,11,18H,4-5,12H2,1-3H3,(H,17,19). The van der Waals surface area contributed by atoms with Gasteiger partial charge in [0, 0.05) is 11.1 Å². The zero-order valence-corrected chi connectivity index (χ0v) is 11.8. The maximum Gasteiger partial charge on any atom is 0.252 e. The fourth-order valence-corrected chi connectivity index (χ4v) is 1.69. The van der Waals surface area contributed by atoms with E-state index in [1.807, 2.05) is 19.1 Å². The summed E-state index contributed by atoms with van der Waals surface area (Å²) in [5.41, 5.74) is 0.995. The van der Waals surface area contributed by atoms with Crippen molar-refractivity contribution in [3.05, 3.63) is 35.4 Å². The van der Waals surface area contributed by atoms with E-state index in [2.05, 4.69) is 31.0 Å². The van der Waals surface area contributed by atoms with Gasteiger partial charge in [0.1, 0.15) is 6.61 Å². The maximum atomic E-state index is 12.3. The lowest BCUT2D eigenvalue weighted by Gasteiger charge is -2.28. The second-order valence-electron chi connectivity index (χ2n) is 4.73. The Bertz CT molecular complexity index is 493. The Morgan fingerprint density at radius 2 is 1.95 bits per heavy atom. The van der Waals surface area contributed by atoms with Crippen molar-refractivity contribution in [3.63, 3.8) is 0 Å². The van der Waals surface area contributed by atoms with Gasteiger partial charge in [-0.05, 0) is 31.9 Å². The Morgan fingerprint density at radius 1 is 1.32 bits per heavy atom. The third-order valence-corrected chi connectivity index (χ3v) is 3.45. The molecule has 0 aliphatic rings. The van der Waals surface area contributed by atoms with E-state index < -0.39 is 0 Å². The molecule has 1 rings (SSSR count). The summed E-state index contributed by atoms with van der Waals surface area (Å²) in [5, 5.41) is 11.8. The van der Waals surface area contributed by atoms with Crippen molar-refractivity contribution in [1.82, 2.24) is 5.32 Å². The second-order valence-corrected chi connectivity index (χ2v) is 4.73. The molecule has 1 amide bonds. The lowest BCUT2D eigenvalue weighted by molar-refractivity contribution is 0.0901. The fourth-order valence-electron chi connectivity index (χ4n) is 1.69. The number of nitrogens with one attached hydrogen (secondary N) is 1. The Morgan fingerprint density at radius 3 is 2.53 bits per heavy atom. The van der Waals surface area contributed by atoms with Gasteiger partial charge in [-0.15, -0.1) is 0 Å². The molecule has 0 fully saturated rings. The molecule has 1 aromatic rings. The van der Waals surface area contributed by atoms with Crippen LogP contribution in [0.15, 0.2) is 24.3 Å². The van der Waals surface area contributed by atoms with E-state index in [4.69, 9.17) is 5.11 Å². The van der Waals surface area contributed by atoms with Crippen LogP contribution in [0, 0.1) is 11.8 Å². The van der Waals surface area contributed by atoms with E-state index in [0.29, 0.717) is 11.1 Å². The topological polar surface area (TPSA) is 49.3 Å². The lowest BCUT2D eigenvalue weighted by Crippen LogP contribution is -2.45. The molecular weight excluding hydrogens is 238 g/mol. The van der Waals surface area contributed by atoms with Gasteiger partial charge < -0.3 is 10.4 Å². The van der Waals surface area contributed by atoms with E-state index in [1.54, 1.807) is 12.1 Å². The molecule has 0 saturated carbocycles. The number of hydrogen-bond acceptors (Lipinski definition) is 2. The number of aliphatic hydroxyl groups is 1. The largest absolute Gasteiger partial charge is 0.384 e. The van der Waals surface area contributed by atoms with Crippen LogP contribution >= 0.6 is 0 Å². The average Bonchev–Trinajstić information content (AvgIpc) is 2.45. The zero-order valence-electron chi connectivity index (χ0n) is 11.8. The first-order valence-corrected chi connectivity index (χ1v) is 6.57. The molecule has 3 heteroatoms. The van der Waals surface area contributed by atoms with Gasteiger partial charge in [0.05, 0.1) is 5.56 Å². The van der Waals surface area contributed by atoms with Gasteiger partial charge in [-0.2, -0.15) is 0 Å². The molecule has 0 radical (unpaired) electrons. The summed E-state index contributed by atoms with van der Waals surface area (Å²) >= 11 is 0. The fraction of sp³-hybridized carbons (Fsp3) is 0.438. The summed E-state index contributed by atoms with van der Waals surface area (Å²) in [7, 11) is 0. The van der Waals surface area contributed by atoms with E-state index >= 15 is 0 Å². The highest BCUT2D eigenvalue weighted by Gasteiger charge is 2.23. The minimum Gasteiger partial charge on any atom is -0.384 e. The molecule has 0 heterocycles. The third kappa shape index (κ3) is 4.11. The number of carbonyl (C=O) groups excluding carboxylic acids is 1. The maximum absolute atomic E-state index is 12.3. The number of carbonyl (C=O) groups is 1. The molecule has 0 aromatic heterocycles. The highest BCUT2D eigenvalue weighted by molar-refractivity contribution is 5.97. The Labute approximate surface area is 115 Å². The minimum atomic E-state index is -0.211. The smallest absolute Gasteiger partial charge is 0.252 e. The van der Waals surface area contributed by atoms with Gasteiger partial charge >= 0.3 is 0 Å². The molecule has 2 N–H and O–H groups in total. The van der Waals surface area contributed by atoms with Gasteiger partial charge in [-0.25, -0.2) is 0 Å². The van der Waals surface area contributed by atoms with Crippen molar-refractivity contribution in [2.45, 2.75) is 39.2 Å². The quantitative estimate of drug-likeness (QED) is 0.815. The highest BCUT2D eigenvalue weighted by Crippen LogP contribution is 2.16. The Hall–Kier alpha value is -1.79. The Balaban J connectivity index is 3.00. The van der Waals surface area contributed by atoms with Crippen LogP contribution in [0.25, 0.3) is 0 Å². The van der Waals surface area contributed by atoms with E-state index in [1.165, 1.54) is 0 Å².